The van der Waals surface area contributed by atoms with Crippen LogP contribution in [0, 0.1) is 5.41 Å². The number of hydrogen-bond acceptors (Lipinski definition) is 7. The summed E-state index contributed by atoms with van der Waals surface area (Å²) in [6.07, 6.45) is 7.69. The van der Waals surface area contributed by atoms with Crippen molar-refractivity contribution >= 4 is 28.8 Å². The summed E-state index contributed by atoms with van der Waals surface area (Å²) in [5.41, 5.74) is 3.07. The van der Waals surface area contributed by atoms with Crippen molar-refractivity contribution in [3.8, 4) is 16.3 Å². The highest BCUT2D eigenvalue weighted by Gasteiger charge is 2.15. The first-order valence-electron chi connectivity index (χ1n) is 7.66. The third-order valence-electron chi connectivity index (χ3n) is 3.64. The Hall–Kier alpha value is -2.51. The lowest BCUT2D eigenvalue weighted by atomic mass is 10.1. The summed E-state index contributed by atoms with van der Waals surface area (Å²) in [5.74, 6) is 0.741. The van der Waals surface area contributed by atoms with Crippen LogP contribution < -0.4 is 15.4 Å². The highest BCUT2D eigenvalue weighted by Crippen LogP contribution is 2.36. The second-order valence-electron chi connectivity index (χ2n) is 5.18. The minimum atomic E-state index is 0.741. The van der Waals surface area contributed by atoms with Crippen LogP contribution in [0.3, 0.4) is 0 Å². The molecule has 0 saturated carbocycles. The summed E-state index contributed by atoms with van der Waals surface area (Å²) in [6, 6.07) is 5.84. The number of nitrogens with zero attached hydrogens (tertiary/aromatic N) is 2. The van der Waals surface area contributed by atoms with Crippen LogP contribution in [0.2, 0.25) is 0 Å². The van der Waals surface area contributed by atoms with Gasteiger partial charge in [-0.3, -0.25) is 0 Å². The summed E-state index contributed by atoms with van der Waals surface area (Å²) < 4.78 is 5.51. The second kappa shape index (κ2) is 7.85. The molecule has 0 spiro atoms. The Balaban J connectivity index is 1.86. The van der Waals surface area contributed by atoms with Gasteiger partial charge in [-0.05, 0) is 36.7 Å². The van der Waals surface area contributed by atoms with E-state index in [0.29, 0.717) is 0 Å². The van der Waals surface area contributed by atoms with E-state index in [9.17, 15) is 0 Å². The predicted octanol–water partition coefficient (Wildman–Crippen LogP) is 3.17. The maximum absolute atomic E-state index is 6.98. The molecule has 2 aromatic rings. The zero-order valence-electron chi connectivity index (χ0n) is 13.4. The number of benzene rings is 1. The summed E-state index contributed by atoms with van der Waals surface area (Å²) in [6.45, 7) is 1.87. The van der Waals surface area contributed by atoms with E-state index in [-0.39, 0.29) is 0 Å². The molecular weight excluding hydrogens is 322 g/mol. The van der Waals surface area contributed by atoms with Crippen molar-refractivity contribution in [2.45, 2.75) is 6.42 Å². The largest absolute Gasteiger partial charge is 0.496 e. The topological polar surface area (TPSA) is 82.9 Å². The number of allylic oxidation sites excluding steroid dienone is 1. The fraction of sp³-hybridized carbons (Fsp3) is 0.235. The van der Waals surface area contributed by atoms with Crippen molar-refractivity contribution in [1.29, 1.82) is 5.41 Å². The van der Waals surface area contributed by atoms with Gasteiger partial charge in [0.05, 0.1) is 12.7 Å². The van der Waals surface area contributed by atoms with Crippen molar-refractivity contribution in [2.75, 3.05) is 25.5 Å². The molecule has 0 unspecified atom stereocenters. The molecule has 3 N–H and O–H groups in total. The van der Waals surface area contributed by atoms with Gasteiger partial charge in [0.15, 0.2) is 5.01 Å². The van der Waals surface area contributed by atoms with Crippen molar-refractivity contribution in [3.63, 3.8) is 0 Å². The fourth-order valence-corrected chi connectivity index (χ4v) is 3.37. The Kier molecular flexibility index (Phi) is 5.35. The van der Waals surface area contributed by atoms with Gasteiger partial charge >= 0.3 is 0 Å². The average molecular weight is 341 g/mol. The molecule has 0 amide bonds. The third kappa shape index (κ3) is 3.69. The number of hydrogen-bond donors (Lipinski definition) is 3. The van der Waals surface area contributed by atoms with Crippen molar-refractivity contribution in [2.24, 2.45) is 0 Å². The molecule has 0 saturated heterocycles. The molecular formula is C17H19N5OS. The molecule has 1 aliphatic heterocycles. The number of ether oxygens (including phenoxy) is 1. The fourth-order valence-electron chi connectivity index (χ4n) is 2.43. The number of aromatic nitrogens is 2. The van der Waals surface area contributed by atoms with Gasteiger partial charge in [0.1, 0.15) is 10.8 Å². The second-order valence-corrected chi connectivity index (χ2v) is 6.16. The molecule has 0 aliphatic carbocycles. The SMILES string of the molecule is COc1cc(N/C=C\C=N)ccc1-c1nnc(C2=CCNCC2)s1. The standard InChI is InChI=1S/C17H19N5OS/c1-23-15-11-13(20-8-2-7-18)3-4-14(15)17-22-21-16(24-17)12-5-9-19-10-6-12/h2-5,7-8,11,18-20H,6,9-10H2,1H3/b8-2-,18-7?. The molecule has 7 heteroatoms. The number of nitrogens with one attached hydrogen (secondary N) is 3. The van der Waals surface area contributed by atoms with E-state index in [1.807, 2.05) is 18.2 Å². The molecule has 0 bridgehead atoms. The van der Waals surface area contributed by atoms with E-state index in [1.165, 1.54) is 11.8 Å². The van der Waals surface area contributed by atoms with Gasteiger partial charge in [-0.1, -0.05) is 17.4 Å². The average Bonchev–Trinajstić information content (AvgIpc) is 3.12. The first kappa shape index (κ1) is 16.4. The van der Waals surface area contributed by atoms with Gasteiger partial charge in [0.2, 0.25) is 0 Å². The van der Waals surface area contributed by atoms with E-state index in [2.05, 4.69) is 26.9 Å². The van der Waals surface area contributed by atoms with Gasteiger partial charge in [-0.25, -0.2) is 0 Å². The maximum atomic E-state index is 6.98. The lowest BCUT2D eigenvalue weighted by molar-refractivity contribution is 0.416. The Morgan fingerprint density at radius 1 is 1.33 bits per heavy atom. The van der Waals surface area contributed by atoms with Crippen LogP contribution in [0.15, 0.2) is 36.6 Å². The molecule has 2 heterocycles. The van der Waals surface area contributed by atoms with Crippen molar-refractivity contribution in [3.05, 3.63) is 41.6 Å². The Bertz CT molecular complexity index is 781. The van der Waals surface area contributed by atoms with E-state index < -0.39 is 0 Å². The van der Waals surface area contributed by atoms with Crippen molar-refractivity contribution in [1.82, 2.24) is 15.5 Å². The van der Waals surface area contributed by atoms with Gasteiger partial charge < -0.3 is 20.8 Å². The number of anilines is 1. The van der Waals surface area contributed by atoms with Crippen LogP contribution in [0.1, 0.15) is 11.4 Å². The van der Waals surface area contributed by atoms with Crippen LogP contribution >= 0.6 is 11.3 Å². The molecule has 0 radical (unpaired) electrons. The minimum Gasteiger partial charge on any atom is -0.496 e. The van der Waals surface area contributed by atoms with E-state index >= 15 is 0 Å². The van der Waals surface area contributed by atoms with Crippen LogP contribution in [-0.2, 0) is 0 Å². The molecule has 124 valence electrons. The Labute approximate surface area is 144 Å². The van der Waals surface area contributed by atoms with Crippen LogP contribution in [0.4, 0.5) is 5.69 Å². The van der Waals surface area contributed by atoms with Gasteiger partial charge in [0.25, 0.3) is 0 Å². The zero-order chi connectivity index (χ0) is 16.8. The molecule has 0 fully saturated rings. The molecule has 0 atom stereocenters. The minimum absolute atomic E-state index is 0.741. The summed E-state index contributed by atoms with van der Waals surface area (Å²) in [7, 11) is 1.65. The molecule has 6 nitrogen and oxygen atoms in total. The van der Waals surface area contributed by atoms with Crippen LogP contribution in [0.25, 0.3) is 16.1 Å². The molecule has 3 rings (SSSR count). The highest BCUT2D eigenvalue weighted by atomic mass is 32.1. The third-order valence-corrected chi connectivity index (χ3v) is 4.67. The number of methoxy groups -OCH3 is 1. The monoisotopic (exact) mass is 341 g/mol. The van der Waals surface area contributed by atoms with E-state index in [4.69, 9.17) is 10.1 Å². The van der Waals surface area contributed by atoms with Gasteiger partial charge in [0, 0.05) is 30.7 Å². The predicted molar refractivity (Wildman–Crippen MR) is 98.9 cm³/mol. The summed E-state index contributed by atoms with van der Waals surface area (Å²) in [5, 5.41) is 23.9. The van der Waals surface area contributed by atoms with Crippen molar-refractivity contribution < 1.29 is 4.74 Å². The molecule has 1 aromatic heterocycles. The highest BCUT2D eigenvalue weighted by molar-refractivity contribution is 7.15. The normalized spacial score (nSPS) is 14.5. The quantitative estimate of drug-likeness (QED) is 0.703. The van der Waals surface area contributed by atoms with Gasteiger partial charge in [-0.15, -0.1) is 10.2 Å². The maximum Gasteiger partial charge on any atom is 0.151 e. The lowest BCUT2D eigenvalue weighted by Crippen LogP contribution is -2.19. The number of rotatable bonds is 6. The molecule has 1 aliphatic rings. The molecule has 1 aromatic carbocycles. The van der Waals surface area contributed by atoms with Gasteiger partial charge in [-0.2, -0.15) is 0 Å². The Morgan fingerprint density at radius 3 is 2.96 bits per heavy atom. The van der Waals surface area contributed by atoms with Crippen LogP contribution in [-0.4, -0.2) is 36.6 Å². The summed E-state index contributed by atoms with van der Waals surface area (Å²) in [4.78, 5) is 0. The molecule has 24 heavy (non-hydrogen) atoms. The lowest BCUT2D eigenvalue weighted by Gasteiger charge is -2.10. The first-order valence-corrected chi connectivity index (χ1v) is 8.47. The summed E-state index contributed by atoms with van der Waals surface area (Å²) >= 11 is 1.59. The Morgan fingerprint density at radius 2 is 2.21 bits per heavy atom. The van der Waals surface area contributed by atoms with E-state index in [1.54, 1.807) is 30.7 Å². The van der Waals surface area contributed by atoms with Crippen LogP contribution in [0.5, 0.6) is 5.75 Å². The van der Waals surface area contributed by atoms with E-state index in [0.717, 1.165) is 46.5 Å². The smallest absolute Gasteiger partial charge is 0.151 e. The zero-order valence-corrected chi connectivity index (χ0v) is 14.2. The first-order chi connectivity index (χ1) is 11.8.